The molecule has 0 aromatic heterocycles. The lowest BCUT2D eigenvalue weighted by Gasteiger charge is -2.07. The number of nitrogens with one attached hydrogen (secondary N) is 2. The van der Waals surface area contributed by atoms with Gasteiger partial charge in [0.05, 0.1) is 11.3 Å². The van der Waals surface area contributed by atoms with Crippen LogP contribution in [0.5, 0.6) is 0 Å². The fraction of sp³-hybridized carbons (Fsp3) is 0.150. The summed E-state index contributed by atoms with van der Waals surface area (Å²) in [5.41, 5.74) is 0.388. The maximum atomic E-state index is 12.7. The third kappa shape index (κ3) is 7.55. The number of hydrogen-bond donors (Lipinski definition) is 2. The molecular formula is C20H19F3N2O3S. The van der Waals surface area contributed by atoms with Gasteiger partial charge in [-0.1, -0.05) is 30.3 Å². The van der Waals surface area contributed by atoms with Gasteiger partial charge in [0.25, 0.3) is 0 Å². The van der Waals surface area contributed by atoms with E-state index < -0.39 is 27.7 Å². The highest BCUT2D eigenvalue weighted by molar-refractivity contribution is 7.88. The lowest BCUT2D eigenvalue weighted by Crippen LogP contribution is -2.25. The zero-order valence-corrected chi connectivity index (χ0v) is 16.1. The lowest BCUT2D eigenvalue weighted by molar-refractivity contribution is -0.137. The molecule has 0 spiro atoms. The van der Waals surface area contributed by atoms with Gasteiger partial charge in [-0.2, -0.15) is 13.2 Å². The third-order valence-corrected chi connectivity index (χ3v) is 4.99. The van der Waals surface area contributed by atoms with Crippen LogP contribution in [0.4, 0.5) is 18.9 Å². The highest BCUT2D eigenvalue weighted by Crippen LogP contribution is 2.29. The van der Waals surface area contributed by atoms with E-state index in [-0.39, 0.29) is 17.9 Å². The van der Waals surface area contributed by atoms with Crippen molar-refractivity contribution in [2.24, 2.45) is 0 Å². The minimum Gasteiger partial charge on any atom is -0.323 e. The third-order valence-electron chi connectivity index (χ3n) is 3.67. The van der Waals surface area contributed by atoms with Crippen LogP contribution in [0.1, 0.15) is 16.7 Å². The molecule has 0 saturated carbocycles. The summed E-state index contributed by atoms with van der Waals surface area (Å²) in [6.45, 7) is 3.57. The molecule has 2 rings (SSSR count). The van der Waals surface area contributed by atoms with Crippen LogP contribution in [-0.2, 0) is 26.7 Å². The molecule has 0 atom stereocenters. The zero-order valence-electron chi connectivity index (χ0n) is 15.2. The molecule has 2 aromatic rings. The van der Waals surface area contributed by atoms with Crippen molar-refractivity contribution in [1.82, 2.24) is 4.72 Å². The van der Waals surface area contributed by atoms with Gasteiger partial charge in [-0.25, -0.2) is 13.1 Å². The minimum atomic E-state index is -4.46. The topological polar surface area (TPSA) is 75.3 Å². The molecule has 0 unspecified atom stereocenters. The van der Waals surface area contributed by atoms with Crippen molar-refractivity contribution in [1.29, 1.82) is 0 Å². The zero-order chi connectivity index (χ0) is 21.5. The van der Waals surface area contributed by atoms with Crippen molar-refractivity contribution in [2.45, 2.75) is 11.9 Å². The minimum absolute atomic E-state index is 0.134. The average Bonchev–Trinajstić information content (AvgIpc) is 2.66. The Morgan fingerprint density at radius 1 is 1.10 bits per heavy atom. The molecule has 154 valence electrons. The molecule has 0 aliphatic carbocycles. The summed E-state index contributed by atoms with van der Waals surface area (Å²) in [4.78, 5) is 12.0. The van der Waals surface area contributed by atoms with Crippen LogP contribution in [0.15, 0.2) is 67.3 Å². The maximum Gasteiger partial charge on any atom is 0.416 e. The van der Waals surface area contributed by atoms with Crippen LogP contribution >= 0.6 is 0 Å². The van der Waals surface area contributed by atoms with Crippen molar-refractivity contribution in [2.75, 3.05) is 11.9 Å². The smallest absolute Gasteiger partial charge is 0.323 e. The average molecular weight is 424 g/mol. The Morgan fingerprint density at radius 2 is 1.79 bits per heavy atom. The Kier molecular flexibility index (Phi) is 7.35. The molecule has 0 aliphatic rings. The number of sulfonamides is 1. The molecule has 0 fully saturated rings. The van der Waals surface area contributed by atoms with Crippen LogP contribution < -0.4 is 10.0 Å². The number of alkyl halides is 3. The van der Waals surface area contributed by atoms with E-state index in [1.54, 1.807) is 12.1 Å². The predicted molar refractivity (Wildman–Crippen MR) is 106 cm³/mol. The molecule has 9 heteroatoms. The van der Waals surface area contributed by atoms with E-state index in [9.17, 15) is 26.4 Å². The van der Waals surface area contributed by atoms with E-state index in [4.69, 9.17) is 0 Å². The first-order chi connectivity index (χ1) is 13.6. The van der Waals surface area contributed by atoms with E-state index in [0.29, 0.717) is 11.3 Å². The molecule has 2 N–H and O–H groups in total. The van der Waals surface area contributed by atoms with Crippen LogP contribution in [0, 0.1) is 0 Å². The first kappa shape index (κ1) is 22.4. The lowest BCUT2D eigenvalue weighted by atomic mass is 10.1. The van der Waals surface area contributed by atoms with Crippen molar-refractivity contribution < 1.29 is 26.4 Å². The van der Waals surface area contributed by atoms with Gasteiger partial charge in [0.2, 0.25) is 15.9 Å². The first-order valence-electron chi connectivity index (χ1n) is 8.42. The summed E-state index contributed by atoms with van der Waals surface area (Å²) >= 11 is 0. The molecule has 29 heavy (non-hydrogen) atoms. The van der Waals surface area contributed by atoms with Gasteiger partial charge >= 0.3 is 6.18 Å². The molecule has 1 amide bonds. The van der Waals surface area contributed by atoms with Crippen LogP contribution in [-0.4, -0.2) is 20.9 Å². The molecule has 2 aromatic carbocycles. The van der Waals surface area contributed by atoms with Gasteiger partial charge in [0, 0.05) is 18.3 Å². The fourth-order valence-corrected chi connectivity index (χ4v) is 3.42. The van der Waals surface area contributed by atoms with Crippen LogP contribution in [0.25, 0.3) is 6.08 Å². The molecule has 0 heterocycles. The maximum absolute atomic E-state index is 12.7. The highest BCUT2D eigenvalue weighted by atomic mass is 32.2. The second-order valence-corrected chi connectivity index (χ2v) is 7.85. The van der Waals surface area contributed by atoms with Gasteiger partial charge < -0.3 is 5.32 Å². The summed E-state index contributed by atoms with van der Waals surface area (Å²) in [5, 5.41) is 2.56. The summed E-state index contributed by atoms with van der Waals surface area (Å²) in [5.74, 6) is -0.750. The van der Waals surface area contributed by atoms with Gasteiger partial charge in [-0.05, 0) is 41.5 Å². The number of hydrogen-bond acceptors (Lipinski definition) is 3. The second-order valence-electron chi connectivity index (χ2n) is 6.04. The van der Waals surface area contributed by atoms with E-state index >= 15 is 0 Å². The molecule has 0 bridgehead atoms. The number of carbonyl (C=O) groups is 1. The summed E-state index contributed by atoms with van der Waals surface area (Å²) in [7, 11) is -3.49. The van der Waals surface area contributed by atoms with Crippen LogP contribution in [0.2, 0.25) is 0 Å². The van der Waals surface area contributed by atoms with Crippen molar-refractivity contribution in [3.8, 4) is 0 Å². The molecule has 0 aliphatic heterocycles. The van der Waals surface area contributed by atoms with E-state index in [1.165, 1.54) is 36.4 Å². The SMILES string of the molecule is C=CCNS(=O)(=O)Cc1ccc(NC(=O)/C=C/c2cccc(C(F)(F)F)c2)cc1. The van der Waals surface area contributed by atoms with E-state index in [0.717, 1.165) is 18.2 Å². The number of carbonyl (C=O) groups excluding carboxylic acids is 1. The normalized spacial score (nSPS) is 12.1. The largest absolute Gasteiger partial charge is 0.416 e. The Balaban J connectivity index is 1.97. The first-order valence-corrected chi connectivity index (χ1v) is 10.1. The highest BCUT2D eigenvalue weighted by Gasteiger charge is 2.30. The quantitative estimate of drug-likeness (QED) is 0.498. The number of amides is 1. The molecule has 0 saturated heterocycles. The number of anilines is 1. The monoisotopic (exact) mass is 424 g/mol. The van der Waals surface area contributed by atoms with Gasteiger partial charge in [0.15, 0.2) is 0 Å². The predicted octanol–water partition coefficient (Wildman–Crippen LogP) is 3.96. The van der Waals surface area contributed by atoms with Crippen LogP contribution in [0.3, 0.4) is 0 Å². The van der Waals surface area contributed by atoms with E-state index in [1.807, 2.05) is 0 Å². The summed E-state index contributed by atoms with van der Waals surface area (Å²) < 4.78 is 64.1. The summed E-state index contributed by atoms with van der Waals surface area (Å²) in [6, 6.07) is 10.8. The van der Waals surface area contributed by atoms with Crippen molar-refractivity contribution >= 4 is 27.7 Å². The Morgan fingerprint density at radius 3 is 2.41 bits per heavy atom. The fourth-order valence-electron chi connectivity index (χ4n) is 2.32. The Labute approximate surface area is 167 Å². The molecule has 0 radical (unpaired) electrons. The van der Waals surface area contributed by atoms with Gasteiger partial charge in [-0.3, -0.25) is 4.79 Å². The summed E-state index contributed by atoms with van der Waals surface area (Å²) in [6.07, 6.45) is -0.630. The number of halogens is 3. The van der Waals surface area contributed by atoms with Crippen molar-refractivity contribution in [3.63, 3.8) is 0 Å². The Hall–Kier alpha value is -2.91. The standard InChI is InChI=1S/C20H19F3N2O3S/c1-2-12-24-29(27,28)14-16-6-9-18(10-7-16)25-19(26)11-8-15-4-3-5-17(13-15)20(21,22)23/h2-11,13,24H,1,12,14H2,(H,25,26)/b11-8+. The van der Waals surface area contributed by atoms with Gasteiger partial charge in [0.1, 0.15) is 0 Å². The van der Waals surface area contributed by atoms with Crippen molar-refractivity contribution in [3.05, 3.63) is 84.0 Å². The molecule has 5 nitrogen and oxygen atoms in total. The Bertz CT molecular complexity index is 998. The van der Waals surface area contributed by atoms with Gasteiger partial charge in [-0.15, -0.1) is 6.58 Å². The number of benzene rings is 2. The second kappa shape index (κ2) is 9.53. The van der Waals surface area contributed by atoms with E-state index in [2.05, 4.69) is 16.6 Å². The number of rotatable bonds is 8. The molecular weight excluding hydrogens is 405 g/mol.